The summed E-state index contributed by atoms with van der Waals surface area (Å²) in [6, 6.07) is 47.9. The van der Waals surface area contributed by atoms with Gasteiger partial charge in [-0.2, -0.15) is 0 Å². The Labute approximate surface area is 256 Å². The minimum Gasteiger partial charge on any atom is -0.278 e. The fraction of sp³-hybridized carbons (Fsp3) is 0.0732. The van der Waals surface area contributed by atoms with Gasteiger partial charge < -0.3 is 0 Å². The summed E-state index contributed by atoms with van der Waals surface area (Å²) < 4.78 is 2.24. The Morgan fingerprint density at radius 1 is 0.545 bits per heavy atom. The van der Waals surface area contributed by atoms with Gasteiger partial charge in [-0.1, -0.05) is 123 Å². The van der Waals surface area contributed by atoms with Crippen LogP contribution < -0.4 is 0 Å². The molecule has 0 spiro atoms. The average Bonchev–Trinajstić information content (AvgIpc) is 3.53. The summed E-state index contributed by atoms with van der Waals surface area (Å²) in [5.41, 5.74) is 11.9. The van der Waals surface area contributed by atoms with E-state index in [-0.39, 0.29) is 5.41 Å². The summed E-state index contributed by atoms with van der Waals surface area (Å²) in [4.78, 5) is 10.1. The molecule has 8 aromatic rings. The van der Waals surface area contributed by atoms with E-state index in [4.69, 9.17) is 9.97 Å². The first-order valence-electron chi connectivity index (χ1n) is 15.2. The first-order valence-corrected chi connectivity index (χ1v) is 15.2. The van der Waals surface area contributed by atoms with Gasteiger partial charge in [0.05, 0.1) is 16.7 Å². The van der Waals surface area contributed by atoms with Gasteiger partial charge in [0.25, 0.3) is 0 Å². The van der Waals surface area contributed by atoms with Gasteiger partial charge in [-0.25, -0.2) is 9.97 Å². The Kier molecular flexibility index (Phi) is 5.24. The van der Waals surface area contributed by atoms with E-state index in [1.54, 1.807) is 0 Å². The Hall–Kier alpha value is -5.54. The summed E-state index contributed by atoms with van der Waals surface area (Å²) in [6.45, 7) is 4.64. The van der Waals surface area contributed by atoms with Crippen LogP contribution in [-0.4, -0.2) is 14.5 Å². The van der Waals surface area contributed by atoms with Crippen LogP contribution in [0.25, 0.3) is 72.0 Å². The lowest BCUT2D eigenvalue weighted by molar-refractivity contribution is 0.660. The number of aromatic nitrogens is 3. The van der Waals surface area contributed by atoms with Gasteiger partial charge in [-0.15, -0.1) is 0 Å². The van der Waals surface area contributed by atoms with E-state index in [2.05, 4.69) is 146 Å². The van der Waals surface area contributed by atoms with Crippen molar-refractivity contribution in [2.75, 3.05) is 0 Å². The Morgan fingerprint density at radius 2 is 1.32 bits per heavy atom. The highest BCUT2D eigenvalue weighted by molar-refractivity contribution is 6.21. The van der Waals surface area contributed by atoms with Crippen LogP contribution in [0.3, 0.4) is 0 Å². The summed E-state index contributed by atoms with van der Waals surface area (Å²) in [6.07, 6.45) is 1.89. The first-order chi connectivity index (χ1) is 21.6. The maximum Gasteiger partial charge on any atom is 0.235 e. The summed E-state index contributed by atoms with van der Waals surface area (Å²) >= 11 is 0. The number of rotatable bonds is 3. The number of fused-ring (bicyclic) bond motifs is 8. The monoisotopic (exact) mass is 563 g/mol. The van der Waals surface area contributed by atoms with Crippen molar-refractivity contribution in [3.63, 3.8) is 0 Å². The summed E-state index contributed by atoms with van der Waals surface area (Å²) in [7, 11) is 0. The Bertz CT molecular complexity index is 2410. The number of benzene rings is 6. The third-order valence-corrected chi connectivity index (χ3v) is 9.49. The van der Waals surface area contributed by atoms with Crippen molar-refractivity contribution in [2.24, 2.45) is 0 Å². The highest BCUT2D eigenvalue weighted by atomic mass is 15.2. The molecule has 0 saturated heterocycles. The fourth-order valence-corrected chi connectivity index (χ4v) is 7.29. The SMILES string of the molecule is CC1(C)c2ccccc2-c2ccc(-c3ccnc(-n4c5cc(-c6ccccc6)ccc5c5c6ccccc6ccc54)n3)cc21. The number of hydrogen-bond donors (Lipinski definition) is 0. The van der Waals surface area contributed by atoms with Crippen molar-refractivity contribution in [2.45, 2.75) is 19.3 Å². The minimum absolute atomic E-state index is 0.0699. The van der Waals surface area contributed by atoms with Crippen LogP contribution in [0.2, 0.25) is 0 Å². The maximum atomic E-state index is 5.24. The van der Waals surface area contributed by atoms with E-state index < -0.39 is 0 Å². The molecule has 0 fully saturated rings. The Morgan fingerprint density at radius 3 is 2.23 bits per heavy atom. The minimum atomic E-state index is -0.0699. The number of hydrogen-bond acceptors (Lipinski definition) is 2. The quantitative estimate of drug-likeness (QED) is 0.214. The van der Waals surface area contributed by atoms with Gasteiger partial charge in [0.1, 0.15) is 0 Å². The van der Waals surface area contributed by atoms with E-state index in [0.717, 1.165) is 22.3 Å². The van der Waals surface area contributed by atoms with E-state index in [9.17, 15) is 0 Å². The lowest BCUT2D eigenvalue weighted by atomic mass is 9.82. The van der Waals surface area contributed by atoms with Crippen LogP contribution >= 0.6 is 0 Å². The van der Waals surface area contributed by atoms with Gasteiger partial charge in [-0.3, -0.25) is 4.57 Å². The fourth-order valence-electron chi connectivity index (χ4n) is 7.29. The van der Waals surface area contributed by atoms with Gasteiger partial charge in [-0.05, 0) is 68.4 Å². The van der Waals surface area contributed by atoms with Gasteiger partial charge in [0.15, 0.2) is 0 Å². The first kappa shape index (κ1) is 25.0. The third-order valence-electron chi connectivity index (χ3n) is 9.49. The molecule has 0 amide bonds. The molecule has 3 nitrogen and oxygen atoms in total. The van der Waals surface area contributed by atoms with Crippen LogP contribution in [0, 0.1) is 0 Å². The van der Waals surface area contributed by atoms with E-state index >= 15 is 0 Å². The summed E-state index contributed by atoms with van der Waals surface area (Å²) in [5, 5.41) is 4.88. The molecule has 0 bridgehead atoms. The second kappa shape index (κ2) is 9.23. The van der Waals surface area contributed by atoms with E-state index in [1.165, 1.54) is 54.9 Å². The molecule has 1 aliphatic rings. The van der Waals surface area contributed by atoms with Gasteiger partial charge >= 0.3 is 0 Å². The molecular weight excluding hydrogens is 534 g/mol. The van der Waals surface area contributed by atoms with Crippen molar-refractivity contribution in [1.29, 1.82) is 0 Å². The average molecular weight is 564 g/mol. The maximum absolute atomic E-state index is 5.24. The van der Waals surface area contributed by atoms with Gasteiger partial charge in [0, 0.05) is 27.9 Å². The van der Waals surface area contributed by atoms with E-state index in [0.29, 0.717) is 5.95 Å². The predicted octanol–water partition coefficient (Wildman–Crippen LogP) is 10.4. The number of nitrogens with zero attached hydrogens (tertiary/aromatic N) is 3. The molecule has 0 unspecified atom stereocenters. The highest BCUT2D eigenvalue weighted by Gasteiger charge is 2.35. The molecule has 3 heteroatoms. The van der Waals surface area contributed by atoms with Crippen molar-refractivity contribution in [3.8, 4) is 39.5 Å². The lowest BCUT2D eigenvalue weighted by Gasteiger charge is -2.21. The molecule has 0 radical (unpaired) electrons. The van der Waals surface area contributed by atoms with E-state index in [1.807, 2.05) is 12.3 Å². The van der Waals surface area contributed by atoms with Crippen molar-refractivity contribution in [3.05, 3.63) is 151 Å². The largest absolute Gasteiger partial charge is 0.278 e. The van der Waals surface area contributed by atoms with Crippen LogP contribution in [0.5, 0.6) is 0 Å². The zero-order valence-corrected chi connectivity index (χ0v) is 24.6. The molecular formula is C41H29N3. The van der Waals surface area contributed by atoms with Crippen molar-refractivity contribution in [1.82, 2.24) is 14.5 Å². The predicted molar refractivity (Wildman–Crippen MR) is 182 cm³/mol. The smallest absolute Gasteiger partial charge is 0.235 e. The molecule has 1 aliphatic carbocycles. The topological polar surface area (TPSA) is 30.7 Å². The molecule has 44 heavy (non-hydrogen) atoms. The van der Waals surface area contributed by atoms with Gasteiger partial charge in [0.2, 0.25) is 5.95 Å². The molecule has 0 N–H and O–H groups in total. The Balaban J connectivity index is 1.27. The van der Waals surface area contributed by atoms with Crippen LogP contribution in [-0.2, 0) is 5.41 Å². The normalized spacial score (nSPS) is 13.4. The molecule has 0 atom stereocenters. The standard InChI is InChI=1S/C41H29N3/c1-41(2)34-15-9-8-14-31(34)32-19-17-29(24-35(32)41)36-22-23-42-40(43-36)44-37-21-18-27-12-6-7-13-30(27)39(37)33-20-16-28(25-38(33)44)26-10-4-3-5-11-26/h3-25H,1-2H3. The molecule has 0 saturated carbocycles. The second-order valence-electron chi connectivity index (χ2n) is 12.3. The van der Waals surface area contributed by atoms with Crippen molar-refractivity contribution >= 4 is 32.6 Å². The molecule has 6 aromatic carbocycles. The van der Waals surface area contributed by atoms with Crippen LogP contribution in [0.4, 0.5) is 0 Å². The highest BCUT2D eigenvalue weighted by Crippen LogP contribution is 2.49. The molecule has 2 heterocycles. The zero-order chi connectivity index (χ0) is 29.4. The van der Waals surface area contributed by atoms with Crippen LogP contribution in [0.15, 0.2) is 140 Å². The third kappa shape index (κ3) is 3.56. The molecule has 9 rings (SSSR count). The second-order valence-corrected chi connectivity index (χ2v) is 12.3. The molecule has 208 valence electrons. The molecule has 2 aromatic heterocycles. The van der Waals surface area contributed by atoms with Crippen molar-refractivity contribution < 1.29 is 0 Å². The lowest BCUT2D eigenvalue weighted by Crippen LogP contribution is -2.15. The molecule has 0 aliphatic heterocycles. The summed E-state index contributed by atoms with van der Waals surface area (Å²) in [5.74, 6) is 0.672. The van der Waals surface area contributed by atoms with Crippen LogP contribution in [0.1, 0.15) is 25.0 Å². The zero-order valence-electron chi connectivity index (χ0n) is 24.6.